The molecular weight excluding hydrogens is 377 g/mol. The van der Waals surface area contributed by atoms with Gasteiger partial charge in [-0.25, -0.2) is 4.79 Å². The second-order valence-electron chi connectivity index (χ2n) is 6.91. The number of carbonyl (C=O) groups is 2. The van der Waals surface area contributed by atoms with Crippen LogP contribution in [0.3, 0.4) is 0 Å². The molecule has 3 atom stereocenters. The predicted octanol–water partition coefficient (Wildman–Crippen LogP) is 3.90. The van der Waals surface area contributed by atoms with E-state index in [-0.39, 0.29) is 19.4 Å². The van der Waals surface area contributed by atoms with Crippen LogP contribution >= 0.6 is 8.46 Å². The first-order valence-electron chi connectivity index (χ1n) is 9.09. The molecule has 0 heterocycles. The second-order valence-corrected chi connectivity index (χ2v) is 8.30. The third kappa shape index (κ3) is 4.82. The maximum Gasteiger partial charge on any atom is 0.407 e. The Hall–Kier alpha value is -2.59. The molecule has 6 nitrogen and oxygen atoms in total. The summed E-state index contributed by atoms with van der Waals surface area (Å²) in [5.41, 5.74) is 0.400. The van der Waals surface area contributed by atoms with Crippen LogP contribution in [0.2, 0.25) is 0 Å². The van der Waals surface area contributed by atoms with E-state index < -0.39 is 31.2 Å². The van der Waals surface area contributed by atoms with E-state index in [2.05, 4.69) is 5.32 Å². The van der Waals surface area contributed by atoms with Crippen molar-refractivity contribution in [3.05, 3.63) is 71.8 Å². The van der Waals surface area contributed by atoms with Gasteiger partial charge in [-0.05, 0) is 30.9 Å². The maximum atomic E-state index is 12.5. The number of nitrogens with one attached hydrogen (secondary N) is 1. The van der Waals surface area contributed by atoms with Crippen LogP contribution in [0.25, 0.3) is 0 Å². The van der Waals surface area contributed by atoms with Gasteiger partial charge in [0.25, 0.3) is 0 Å². The quantitative estimate of drug-likeness (QED) is 0.620. The average Bonchev–Trinajstić information content (AvgIpc) is 2.72. The first kappa shape index (κ1) is 21.7. The van der Waals surface area contributed by atoms with Crippen LogP contribution in [0.1, 0.15) is 31.4 Å². The molecular formula is C21H26NO5P. The molecule has 28 heavy (non-hydrogen) atoms. The number of ether oxygens (including phenoxy) is 1. The molecule has 0 radical (unpaired) electrons. The van der Waals surface area contributed by atoms with Crippen molar-refractivity contribution in [2.75, 3.05) is 0 Å². The molecule has 0 bridgehead atoms. The van der Waals surface area contributed by atoms with E-state index in [1.807, 2.05) is 60.7 Å². The molecule has 1 amide bonds. The third-order valence-electron chi connectivity index (χ3n) is 5.18. The Morgan fingerprint density at radius 3 is 2.04 bits per heavy atom. The lowest BCUT2D eigenvalue weighted by Gasteiger charge is -2.43. The first-order valence-corrected chi connectivity index (χ1v) is 10.1. The molecule has 150 valence electrons. The van der Waals surface area contributed by atoms with Crippen molar-refractivity contribution in [3.63, 3.8) is 0 Å². The molecule has 3 unspecified atom stereocenters. The average molecular weight is 403 g/mol. The van der Waals surface area contributed by atoms with Crippen LogP contribution in [0.15, 0.2) is 60.7 Å². The first-order chi connectivity index (χ1) is 13.4. The highest BCUT2D eigenvalue weighted by Crippen LogP contribution is 2.40. The number of rotatable bonds is 9. The standard InChI is InChI=1S/C21H26NO5P/c1-3-21(20(2,28-26)18(23)24,14-16-10-6-4-7-11-16)22-19(25)27-15-17-12-8-5-9-13-17/h4-13H,3,14-15,28H2,1-2H3,(H,22,25)(H,23,24). The summed E-state index contributed by atoms with van der Waals surface area (Å²) in [6.07, 6.45) is -0.231. The lowest BCUT2D eigenvalue weighted by molar-refractivity contribution is -0.142. The van der Waals surface area contributed by atoms with Crippen LogP contribution in [-0.2, 0) is 27.1 Å². The van der Waals surface area contributed by atoms with Crippen LogP contribution in [-0.4, -0.2) is 27.9 Å². The number of hydrogen-bond donors (Lipinski definition) is 2. The minimum Gasteiger partial charge on any atom is -0.480 e. The molecule has 2 aromatic rings. The van der Waals surface area contributed by atoms with Crippen LogP contribution < -0.4 is 5.32 Å². The fourth-order valence-electron chi connectivity index (χ4n) is 3.21. The Labute approximate surface area is 166 Å². The summed E-state index contributed by atoms with van der Waals surface area (Å²) in [5.74, 6) is -1.21. The summed E-state index contributed by atoms with van der Waals surface area (Å²) in [6.45, 7) is 3.25. The Bertz CT molecular complexity index is 814. The smallest absolute Gasteiger partial charge is 0.407 e. The molecule has 0 saturated carbocycles. The zero-order chi connectivity index (χ0) is 20.6. The molecule has 7 heteroatoms. The van der Waals surface area contributed by atoms with E-state index in [9.17, 15) is 19.3 Å². The number of carbonyl (C=O) groups excluding carboxylic acids is 1. The molecule has 2 aromatic carbocycles. The van der Waals surface area contributed by atoms with Crippen LogP contribution in [0.5, 0.6) is 0 Å². The molecule has 2 rings (SSSR count). The molecule has 2 N–H and O–H groups in total. The summed E-state index contributed by atoms with van der Waals surface area (Å²) < 4.78 is 17.4. The number of carboxylic acids is 1. The highest BCUT2D eigenvalue weighted by Gasteiger charge is 2.53. The van der Waals surface area contributed by atoms with E-state index in [0.29, 0.717) is 0 Å². The summed E-state index contributed by atoms with van der Waals surface area (Å²) in [4.78, 5) is 24.6. The number of carboxylic acid groups (broad SMARTS) is 1. The van der Waals surface area contributed by atoms with E-state index in [1.165, 1.54) is 6.92 Å². The van der Waals surface area contributed by atoms with Crippen molar-refractivity contribution < 1.29 is 24.0 Å². The van der Waals surface area contributed by atoms with Gasteiger partial charge in [-0.2, -0.15) is 0 Å². The molecule has 0 aromatic heterocycles. The SMILES string of the molecule is CCC(Cc1ccccc1)(NC(=O)OCc1ccccc1)C(C)([PH2]=O)C(=O)O. The Kier molecular flexibility index (Phi) is 7.41. The monoisotopic (exact) mass is 403 g/mol. The Morgan fingerprint density at radius 2 is 1.57 bits per heavy atom. The molecule has 0 aliphatic carbocycles. The molecule has 0 fully saturated rings. The van der Waals surface area contributed by atoms with Gasteiger partial charge in [-0.15, -0.1) is 0 Å². The topological polar surface area (TPSA) is 92.7 Å². The van der Waals surface area contributed by atoms with E-state index in [1.54, 1.807) is 6.92 Å². The van der Waals surface area contributed by atoms with Crippen molar-refractivity contribution in [1.29, 1.82) is 0 Å². The number of hydrogen-bond acceptors (Lipinski definition) is 4. The van der Waals surface area contributed by atoms with Gasteiger partial charge in [0.05, 0.1) is 14.0 Å². The van der Waals surface area contributed by atoms with Gasteiger partial charge in [-0.3, -0.25) is 4.79 Å². The Balaban J connectivity index is 2.29. The summed E-state index contributed by atoms with van der Waals surface area (Å²) in [5, 5.41) is 11.0. The van der Waals surface area contributed by atoms with Gasteiger partial charge < -0.3 is 19.7 Å². The summed E-state index contributed by atoms with van der Waals surface area (Å²) in [7, 11) is -1.71. The van der Waals surface area contributed by atoms with Gasteiger partial charge in [0.2, 0.25) is 0 Å². The third-order valence-corrected chi connectivity index (χ3v) is 6.45. The van der Waals surface area contributed by atoms with Crippen molar-refractivity contribution >= 4 is 20.5 Å². The van der Waals surface area contributed by atoms with Crippen LogP contribution in [0, 0.1) is 0 Å². The largest absolute Gasteiger partial charge is 0.480 e. The fraction of sp³-hybridized carbons (Fsp3) is 0.333. The highest BCUT2D eigenvalue weighted by atomic mass is 31.1. The normalized spacial score (nSPS) is 15.5. The van der Waals surface area contributed by atoms with Gasteiger partial charge >= 0.3 is 12.1 Å². The van der Waals surface area contributed by atoms with Gasteiger partial charge in [-0.1, -0.05) is 67.6 Å². The van der Waals surface area contributed by atoms with E-state index in [0.717, 1.165) is 11.1 Å². The van der Waals surface area contributed by atoms with Gasteiger partial charge in [0.1, 0.15) is 11.8 Å². The number of aliphatic carboxylic acids is 1. The lowest BCUT2D eigenvalue weighted by atomic mass is 9.77. The maximum absolute atomic E-state index is 12.5. The molecule has 0 aliphatic rings. The number of alkyl carbamates (subject to hydrolysis) is 1. The van der Waals surface area contributed by atoms with Gasteiger partial charge in [0.15, 0.2) is 0 Å². The Morgan fingerprint density at radius 1 is 1.04 bits per heavy atom. The lowest BCUT2D eigenvalue weighted by Crippen LogP contribution is -2.64. The number of benzene rings is 2. The number of amides is 1. The summed E-state index contributed by atoms with van der Waals surface area (Å²) in [6, 6.07) is 18.4. The van der Waals surface area contributed by atoms with Crippen molar-refractivity contribution in [2.24, 2.45) is 0 Å². The van der Waals surface area contributed by atoms with Crippen molar-refractivity contribution in [1.82, 2.24) is 5.32 Å². The molecule has 0 aliphatic heterocycles. The van der Waals surface area contributed by atoms with Crippen molar-refractivity contribution in [3.8, 4) is 0 Å². The zero-order valence-corrected chi connectivity index (χ0v) is 17.2. The summed E-state index contributed by atoms with van der Waals surface area (Å²) >= 11 is 0. The van der Waals surface area contributed by atoms with E-state index in [4.69, 9.17) is 4.74 Å². The minimum atomic E-state index is -1.71. The van der Waals surface area contributed by atoms with E-state index >= 15 is 0 Å². The highest BCUT2D eigenvalue weighted by molar-refractivity contribution is 7.28. The molecule has 0 saturated heterocycles. The fourth-order valence-corrected chi connectivity index (χ4v) is 3.91. The minimum absolute atomic E-state index is 0.0613. The zero-order valence-electron chi connectivity index (χ0n) is 16.1. The van der Waals surface area contributed by atoms with Crippen molar-refractivity contribution in [2.45, 2.75) is 44.0 Å². The second kappa shape index (κ2) is 9.56. The van der Waals surface area contributed by atoms with Gasteiger partial charge in [0, 0.05) is 0 Å². The predicted molar refractivity (Wildman–Crippen MR) is 109 cm³/mol. The molecule has 0 spiro atoms. The van der Waals surface area contributed by atoms with Crippen LogP contribution in [0.4, 0.5) is 4.79 Å².